The van der Waals surface area contributed by atoms with Crippen LogP contribution in [0.4, 0.5) is 5.82 Å². The second-order valence-corrected chi connectivity index (χ2v) is 6.53. The van der Waals surface area contributed by atoms with Crippen molar-refractivity contribution in [3.05, 3.63) is 47.2 Å². The van der Waals surface area contributed by atoms with Crippen molar-refractivity contribution in [2.75, 3.05) is 31.1 Å². The number of anilines is 1. The van der Waals surface area contributed by atoms with Gasteiger partial charge in [0.25, 0.3) is 0 Å². The molecule has 118 valence electrons. The highest BCUT2D eigenvalue weighted by molar-refractivity contribution is 7.07. The molecule has 1 fully saturated rings. The molecule has 6 heteroatoms. The molecule has 0 radical (unpaired) electrons. The average Bonchev–Trinajstić information content (AvgIpc) is 2.99. The fourth-order valence-corrected chi connectivity index (χ4v) is 3.68. The van der Waals surface area contributed by atoms with E-state index in [2.05, 4.69) is 42.3 Å². The molecule has 2 aromatic heterocycles. The van der Waals surface area contributed by atoms with Crippen LogP contribution in [0.25, 0.3) is 10.9 Å². The van der Waals surface area contributed by atoms with Crippen LogP contribution < -0.4 is 4.90 Å². The van der Waals surface area contributed by atoms with Crippen LogP contribution in [0.1, 0.15) is 12.1 Å². The highest BCUT2D eigenvalue weighted by Crippen LogP contribution is 2.23. The van der Waals surface area contributed by atoms with E-state index < -0.39 is 0 Å². The maximum atomic E-state index is 4.56. The lowest BCUT2D eigenvalue weighted by molar-refractivity contribution is 0.282. The van der Waals surface area contributed by atoms with E-state index in [1.54, 1.807) is 17.7 Å². The molecule has 4 rings (SSSR count). The van der Waals surface area contributed by atoms with Crippen LogP contribution in [-0.2, 0) is 6.54 Å². The van der Waals surface area contributed by atoms with Crippen LogP contribution in [0.2, 0.25) is 0 Å². The van der Waals surface area contributed by atoms with E-state index in [1.807, 2.05) is 17.6 Å². The van der Waals surface area contributed by atoms with Gasteiger partial charge in [0.2, 0.25) is 0 Å². The first-order valence-electron chi connectivity index (χ1n) is 7.94. The van der Waals surface area contributed by atoms with Gasteiger partial charge in [-0.2, -0.15) is 0 Å². The Morgan fingerprint density at radius 2 is 1.96 bits per heavy atom. The van der Waals surface area contributed by atoms with Gasteiger partial charge in [0.15, 0.2) is 0 Å². The molecule has 0 atom stereocenters. The third-order valence-corrected chi connectivity index (χ3v) is 4.91. The number of thiazole rings is 1. The van der Waals surface area contributed by atoms with Crippen LogP contribution in [0.5, 0.6) is 0 Å². The summed E-state index contributed by atoms with van der Waals surface area (Å²) in [5.41, 5.74) is 4.10. The van der Waals surface area contributed by atoms with Gasteiger partial charge in [-0.15, -0.1) is 11.3 Å². The average molecular weight is 325 g/mol. The van der Waals surface area contributed by atoms with E-state index in [1.165, 1.54) is 5.69 Å². The summed E-state index contributed by atoms with van der Waals surface area (Å²) in [5.74, 6) is 1.06. The number of para-hydroxylation sites is 1. The second kappa shape index (κ2) is 6.60. The zero-order chi connectivity index (χ0) is 15.5. The van der Waals surface area contributed by atoms with Gasteiger partial charge in [0.1, 0.15) is 12.1 Å². The van der Waals surface area contributed by atoms with Crippen LogP contribution >= 0.6 is 11.3 Å². The highest BCUT2D eigenvalue weighted by Gasteiger charge is 2.18. The predicted octanol–water partition coefficient (Wildman–Crippen LogP) is 2.80. The number of rotatable bonds is 3. The van der Waals surface area contributed by atoms with Gasteiger partial charge in [0.05, 0.1) is 16.7 Å². The topological polar surface area (TPSA) is 45.2 Å². The van der Waals surface area contributed by atoms with Crippen molar-refractivity contribution >= 4 is 28.1 Å². The fourth-order valence-electron chi connectivity index (χ4n) is 3.13. The Bertz CT molecular complexity index is 768. The van der Waals surface area contributed by atoms with Gasteiger partial charge in [-0.3, -0.25) is 4.90 Å². The summed E-state index contributed by atoms with van der Waals surface area (Å²) < 4.78 is 0. The summed E-state index contributed by atoms with van der Waals surface area (Å²) >= 11 is 1.67. The zero-order valence-electron chi connectivity index (χ0n) is 12.9. The van der Waals surface area contributed by atoms with Crippen molar-refractivity contribution in [1.82, 2.24) is 19.9 Å². The zero-order valence-corrected chi connectivity index (χ0v) is 13.7. The van der Waals surface area contributed by atoms with Gasteiger partial charge in [-0.25, -0.2) is 15.0 Å². The molecule has 1 aromatic carbocycles. The van der Waals surface area contributed by atoms with Crippen molar-refractivity contribution in [3.8, 4) is 0 Å². The van der Waals surface area contributed by atoms with Crippen molar-refractivity contribution in [2.45, 2.75) is 13.0 Å². The smallest absolute Gasteiger partial charge is 0.139 e. The van der Waals surface area contributed by atoms with Crippen LogP contribution in [0.15, 0.2) is 41.5 Å². The molecule has 0 bridgehead atoms. The monoisotopic (exact) mass is 325 g/mol. The van der Waals surface area contributed by atoms with Gasteiger partial charge < -0.3 is 4.90 Å². The number of benzene rings is 1. The van der Waals surface area contributed by atoms with Crippen LogP contribution in [0.3, 0.4) is 0 Å². The lowest BCUT2D eigenvalue weighted by Gasteiger charge is -2.23. The first kappa shape index (κ1) is 14.5. The summed E-state index contributed by atoms with van der Waals surface area (Å²) in [6.07, 6.45) is 2.82. The van der Waals surface area contributed by atoms with E-state index in [4.69, 9.17) is 0 Å². The largest absolute Gasteiger partial charge is 0.355 e. The standard InChI is InChI=1S/C17H19N5S/c1-2-5-16-15(4-1)17(19-12-18-16)22-7-3-6-21(8-9-22)10-14-11-23-13-20-14/h1-2,4-5,11-13H,3,6-10H2. The molecular formula is C17H19N5S. The van der Waals surface area contributed by atoms with E-state index in [0.29, 0.717) is 0 Å². The van der Waals surface area contributed by atoms with Crippen molar-refractivity contribution in [1.29, 1.82) is 0 Å². The third-order valence-electron chi connectivity index (χ3n) is 4.28. The lowest BCUT2D eigenvalue weighted by atomic mass is 10.2. The molecule has 0 saturated carbocycles. The lowest BCUT2D eigenvalue weighted by Crippen LogP contribution is -2.31. The maximum absolute atomic E-state index is 4.56. The van der Waals surface area contributed by atoms with Crippen molar-refractivity contribution in [2.24, 2.45) is 0 Å². The molecule has 1 aliphatic rings. The summed E-state index contributed by atoms with van der Waals surface area (Å²) in [5, 5.41) is 3.28. The minimum absolute atomic E-state index is 0.946. The number of nitrogens with zero attached hydrogens (tertiary/aromatic N) is 5. The molecule has 1 aliphatic heterocycles. The SMILES string of the molecule is c1ccc2c(N3CCCN(Cc4cscn4)CC3)ncnc2c1. The summed E-state index contributed by atoms with van der Waals surface area (Å²) in [6, 6.07) is 8.24. The number of aromatic nitrogens is 3. The van der Waals surface area contributed by atoms with Crippen LogP contribution in [0, 0.1) is 0 Å². The Morgan fingerprint density at radius 1 is 1.00 bits per heavy atom. The molecule has 0 N–H and O–H groups in total. The quantitative estimate of drug-likeness (QED) is 0.741. The predicted molar refractivity (Wildman–Crippen MR) is 93.8 cm³/mol. The molecule has 3 heterocycles. The summed E-state index contributed by atoms with van der Waals surface area (Å²) in [6.45, 7) is 5.12. The van der Waals surface area contributed by atoms with E-state index in [9.17, 15) is 0 Å². The van der Waals surface area contributed by atoms with Gasteiger partial charge in [0, 0.05) is 43.5 Å². The minimum Gasteiger partial charge on any atom is -0.355 e. The number of hydrogen-bond acceptors (Lipinski definition) is 6. The Labute approximate surface area is 139 Å². The second-order valence-electron chi connectivity index (χ2n) is 5.81. The molecule has 1 saturated heterocycles. The Morgan fingerprint density at radius 3 is 2.87 bits per heavy atom. The molecule has 0 unspecified atom stereocenters. The fraction of sp³-hybridized carbons (Fsp3) is 0.353. The molecular weight excluding hydrogens is 306 g/mol. The molecule has 5 nitrogen and oxygen atoms in total. The normalized spacial score (nSPS) is 16.6. The molecule has 3 aromatic rings. The summed E-state index contributed by atoms with van der Waals surface area (Å²) in [7, 11) is 0. The van der Waals surface area contributed by atoms with Gasteiger partial charge in [-0.05, 0) is 18.6 Å². The minimum atomic E-state index is 0.946. The first-order chi connectivity index (χ1) is 11.4. The van der Waals surface area contributed by atoms with Crippen molar-refractivity contribution in [3.63, 3.8) is 0 Å². The number of fused-ring (bicyclic) bond motifs is 1. The third kappa shape index (κ3) is 3.18. The van der Waals surface area contributed by atoms with Gasteiger partial charge in [-0.1, -0.05) is 12.1 Å². The maximum Gasteiger partial charge on any atom is 0.139 e. The van der Waals surface area contributed by atoms with E-state index in [-0.39, 0.29) is 0 Å². The highest BCUT2D eigenvalue weighted by atomic mass is 32.1. The molecule has 23 heavy (non-hydrogen) atoms. The van der Waals surface area contributed by atoms with Crippen LogP contribution in [-0.4, -0.2) is 46.0 Å². The Kier molecular flexibility index (Phi) is 4.17. The van der Waals surface area contributed by atoms with E-state index >= 15 is 0 Å². The first-order valence-corrected chi connectivity index (χ1v) is 8.88. The van der Waals surface area contributed by atoms with Gasteiger partial charge >= 0.3 is 0 Å². The van der Waals surface area contributed by atoms with E-state index in [0.717, 1.165) is 55.9 Å². The van der Waals surface area contributed by atoms with Crippen molar-refractivity contribution < 1.29 is 0 Å². The molecule has 0 amide bonds. The molecule has 0 spiro atoms. The number of hydrogen-bond donors (Lipinski definition) is 0. The Balaban J connectivity index is 1.52. The molecule has 0 aliphatic carbocycles. The summed E-state index contributed by atoms with van der Waals surface area (Å²) in [4.78, 5) is 18.2. The Hall–Kier alpha value is -2.05.